The molecule has 0 aliphatic heterocycles. The summed E-state index contributed by atoms with van der Waals surface area (Å²) in [5.41, 5.74) is 3.40. The normalized spacial score (nSPS) is 31.8. The second-order valence-corrected chi connectivity index (χ2v) is 9.36. The van der Waals surface area contributed by atoms with Gasteiger partial charge >= 0.3 is 0 Å². The lowest BCUT2D eigenvalue weighted by molar-refractivity contribution is -0.120. The van der Waals surface area contributed by atoms with Gasteiger partial charge in [0, 0.05) is 13.5 Å². The second kappa shape index (κ2) is 6.12. The molecule has 1 unspecified atom stereocenters. The van der Waals surface area contributed by atoms with E-state index in [1.165, 1.54) is 30.4 Å². The van der Waals surface area contributed by atoms with Crippen molar-refractivity contribution < 1.29 is 9.90 Å². The molecule has 1 aromatic rings. The van der Waals surface area contributed by atoms with Gasteiger partial charge in [0.2, 0.25) is 5.91 Å². The molecule has 0 bridgehead atoms. The van der Waals surface area contributed by atoms with Crippen molar-refractivity contribution in [2.24, 2.45) is 11.3 Å². The number of nitrogens with one attached hydrogen (secondary N) is 1. The van der Waals surface area contributed by atoms with Gasteiger partial charge in [-0.1, -0.05) is 38.5 Å². The fourth-order valence-corrected chi connectivity index (χ4v) is 5.54. The molecule has 0 heterocycles. The van der Waals surface area contributed by atoms with Gasteiger partial charge in [0.1, 0.15) is 0 Å². The van der Waals surface area contributed by atoms with Crippen molar-refractivity contribution in [2.45, 2.75) is 77.7 Å². The molecule has 1 fully saturated rings. The fraction of sp³-hybridized carbons (Fsp3) is 0.682. The maximum atomic E-state index is 11.5. The van der Waals surface area contributed by atoms with E-state index in [1.54, 1.807) is 6.92 Å². The smallest absolute Gasteiger partial charge is 0.216 e. The van der Waals surface area contributed by atoms with Crippen molar-refractivity contribution in [2.75, 3.05) is 6.54 Å². The Balaban J connectivity index is 1.97. The molecule has 2 N–H and O–H groups in total. The van der Waals surface area contributed by atoms with Gasteiger partial charge in [-0.25, -0.2) is 0 Å². The van der Waals surface area contributed by atoms with Gasteiger partial charge in [-0.15, -0.1) is 0 Å². The summed E-state index contributed by atoms with van der Waals surface area (Å²) < 4.78 is 0. The van der Waals surface area contributed by atoms with Gasteiger partial charge in [0.05, 0.1) is 5.60 Å². The first-order valence-electron chi connectivity index (χ1n) is 9.67. The largest absolute Gasteiger partial charge is 0.386 e. The van der Waals surface area contributed by atoms with Crippen LogP contribution in [0, 0.1) is 11.3 Å². The third-order valence-electron chi connectivity index (χ3n) is 6.92. The Morgan fingerprint density at radius 2 is 2.04 bits per heavy atom. The Morgan fingerprint density at radius 1 is 1.32 bits per heavy atom. The Bertz CT molecular complexity index is 675. The molecule has 25 heavy (non-hydrogen) atoms. The highest BCUT2D eigenvalue weighted by atomic mass is 16.3. The Morgan fingerprint density at radius 3 is 2.68 bits per heavy atom. The number of amides is 1. The Hall–Kier alpha value is -1.35. The maximum absolute atomic E-state index is 11.5. The van der Waals surface area contributed by atoms with Crippen LogP contribution in [0.2, 0.25) is 0 Å². The minimum atomic E-state index is -0.792. The minimum Gasteiger partial charge on any atom is -0.386 e. The molecule has 1 aromatic carbocycles. The highest BCUT2D eigenvalue weighted by molar-refractivity contribution is 5.72. The number of carbonyl (C=O) groups is 1. The molecule has 3 atom stereocenters. The molecule has 3 rings (SSSR count). The van der Waals surface area contributed by atoms with E-state index < -0.39 is 5.60 Å². The van der Waals surface area contributed by atoms with Gasteiger partial charge in [-0.05, 0) is 73.0 Å². The van der Waals surface area contributed by atoms with Gasteiger partial charge in [0.25, 0.3) is 0 Å². The highest BCUT2D eigenvalue weighted by Gasteiger charge is 2.51. The summed E-state index contributed by atoms with van der Waals surface area (Å²) >= 11 is 0. The summed E-state index contributed by atoms with van der Waals surface area (Å²) in [5.74, 6) is 0.653. The third-order valence-corrected chi connectivity index (χ3v) is 6.92. The number of rotatable bonds is 3. The summed E-state index contributed by atoms with van der Waals surface area (Å²) in [6.45, 7) is 10.9. The summed E-state index contributed by atoms with van der Waals surface area (Å²) in [5, 5.41) is 13.4. The van der Waals surface area contributed by atoms with E-state index in [1.807, 2.05) is 13.8 Å². The molecule has 138 valence electrons. The van der Waals surface area contributed by atoms with Gasteiger partial charge < -0.3 is 10.4 Å². The number of benzene rings is 1. The van der Waals surface area contributed by atoms with Crippen LogP contribution < -0.4 is 5.32 Å². The van der Waals surface area contributed by atoms with Crippen LogP contribution in [0.15, 0.2) is 18.2 Å². The average molecular weight is 344 g/mol. The minimum absolute atomic E-state index is 0.0690. The molecular weight excluding hydrogens is 310 g/mol. The first-order chi connectivity index (χ1) is 11.6. The molecule has 2 aliphatic rings. The van der Waals surface area contributed by atoms with E-state index in [2.05, 4.69) is 37.4 Å². The van der Waals surface area contributed by atoms with E-state index in [-0.39, 0.29) is 16.7 Å². The summed E-state index contributed by atoms with van der Waals surface area (Å²) in [6, 6.07) is 6.59. The maximum Gasteiger partial charge on any atom is 0.216 e. The SMILES string of the molecule is CC(=O)NC[C@]1(C)CCC[C@]2(C)c3ccc(C(C)(C)O)cc3CCC12. The summed E-state index contributed by atoms with van der Waals surface area (Å²) in [6.07, 6.45) is 5.83. The van der Waals surface area contributed by atoms with E-state index in [4.69, 9.17) is 0 Å². The predicted octanol–water partition coefficient (Wildman–Crippen LogP) is 4.06. The molecule has 1 saturated carbocycles. The van der Waals surface area contributed by atoms with Gasteiger partial charge in [0.15, 0.2) is 0 Å². The first-order valence-corrected chi connectivity index (χ1v) is 9.67. The monoisotopic (exact) mass is 343 g/mol. The van der Waals surface area contributed by atoms with Gasteiger partial charge in [-0.2, -0.15) is 0 Å². The summed E-state index contributed by atoms with van der Waals surface area (Å²) in [4.78, 5) is 11.5. The Labute approximate surface area is 152 Å². The van der Waals surface area contributed by atoms with Crippen LogP contribution >= 0.6 is 0 Å². The van der Waals surface area contributed by atoms with Crippen LogP contribution in [-0.4, -0.2) is 17.6 Å². The first kappa shape index (κ1) is 18.4. The van der Waals surface area contributed by atoms with Crippen LogP contribution in [0.1, 0.15) is 77.0 Å². The second-order valence-electron chi connectivity index (χ2n) is 9.36. The van der Waals surface area contributed by atoms with Crippen LogP contribution in [0.3, 0.4) is 0 Å². The van der Waals surface area contributed by atoms with Crippen LogP contribution in [0.5, 0.6) is 0 Å². The molecular formula is C22H33NO2. The van der Waals surface area contributed by atoms with E-state index in [0.29, 0.717) is 5.92 Å². The number of hydrogen-bond donors (Lipinski definition) is 2. The van der Waals surface area contributed by atoms with Crippen molar-refractivity contribution in [3.63, 3.8) is 0 Å². The van der Waals surface area contributed by atoms with Crippen LogP contribution in [0.4, 0.5) is 0 Å². The topological polar surface area (TPSA) is 49.3 Å². The zero-order valence-corrected chi connectivity index (χ0v) is 16.4. The summed E-state index contributed by atoms with van der Waals surface area (Å²) in [7, 11) is 0. The third kappa shape index (κ3) is 3.23. The zero-order valence-electron chi connectivity index (χ0n) is 16.4. The number of hydrogen-bond acceptors (Lipinski definition) is 2. The van der Waals surface area contributed by atoms with Crippen molar-refractivity contribution in [1.82, 2.24) is 5.32 Å². The van der Waals surface area contributed by atoms with E-state index in [9.17, 15) is 9.90 Å². The molecule has 2 aliphatic carbocycles. The van der Waals surface area contributed by atoms with E-state index >= 15 is 0 Å². The Kier molecular flexibility index (Phi) is 4.51. The zero-order chi connectivity index (χ0) is 18.5. The van der Waals surface area contributed by atoms with Crippen molar-refractivity contribution >= 4 is 5.91 Å². The molecule has 0 spiro atoms. The molecule has 1 amide bonds. The molecule has 3 heteroatoms. The van der Waals surface area contributed by atoms with Crippen LogP contribution in [0.25, 0.3) is 0 Å². The standard InChI is InChI=1S/C22H33NO2/c1-15(24)23-14-21(4)11-6-12-22(5)18-9-8-17(20(2,3)25)13-16(18)7-10-19(21)22/h8-9,13,19,25H,6-7,10-12,14H2,1-5H3,(H,23,24)/t19?,21-,22+/m0/s1. The number of aliphatic hydroxyl groups is 1. The van der Waals surface area contributed by atoms with Crippen molar-refractivity contribution in [3.8, 4) is 0 Å². The van der Waals surface area contributed by atoms with Crippen molar-refractivity contribution in [1.29, 1.82) is 0 Å². The molecule has 0 radical (unpaired) electrons. The van der Waals surface area contributed by atoms with E-state index in [0.717, 1.165) is 24.9 Å². The lowest BCUT2D eigenvalue weighted by Gasteiger charge is -2.55. The lowest BCUT2D eigenvalue weighted by atomic mass is 9.49. The average Bonchev–Trinajstić information content (AvgIpc) is 2.51. The van der Waals surface area contributed by atoms with Crippen molar-refractivity contribution in [3.05, 3.63) is 34.9 Å². The van der Waals surface area contributed by atoms with Gasteiger partial charge in [-0.3, -0.25) is 4.79 Å². The predicted molar refractivity (Wildman–Crippen MR) is 101 cm³/mol. The fourth-order valence-electron chi connectivity index (χ4n) is 5.54. The molecule has 3 nitrogen and oxygen atoms in total. The molecule has 0 saturated heterocycles. The number of carbonyl (C=O) groups excluding carboxylic acids is 1. The number of aryl methyl sites for hydroxylation is 1. The quantitative estimate of drug-likeness (QED) is 0.869. The highest BCUT2D eigenvalue weighted by Crippen LogP contribution is 2.57. The lowest BCUT2D eigenvalue weighted by Crippen LogP contribution is -2.53. The van der Waals surface area contributed by atoms with Crippen LogP contribution in [-0.2, 0) is 22.2 Å². The molecule has 0 aromatic heterocycles. The number of fused-ring (bicyclic) bond motifs is 3.